The summed E-state index contributed by atoms with van der Waals surface area (Å²) < 4.78 is 24.8. The van der Waals surface area contributed by atoms with E-state index >= 15 is 0 Å². The highest BCUT2D eigenvalue weighted by molar-refractivity contribution is 5.76. The van der Waals surface area contributed by atoms with Gasteiger partial charge in [-0.3, -0.25) is 0 Å². The van der Waals surface area contributed by atoms with Crippen LogP contribution in [0.1, 0.15) is 61.4 Å². The van der Waals surface area contributed by atoms with Gasteiger partial charge in [0.05, 0.1) is 24.8 Å². The first-order valence-corrected chi connectivity index (χ1v) is 11.1. The number of rotatable bonds is 2. The Balaban J connectivity index is 1.60. The second kappa shape index (κ2) is 6.96. The van der Waals surface area contributed by atoms with E-state index in [1.165, 1.54) is 0 Å². The molecule has 3 heterocycles. The van der Waals surface area contributed by atoms with Crippen molar-refractivity contribution in [1.29, 1.82) is 0 Å². The average molecular weight is 435 g/mol. The molecule has 0 amide bonds. The van der Waals surface area contributed by atoms with Gasteiger partial charge in [-0.25, -0.2) is 0 Å². The summed E-state index contributed by atoms with van der Waals surface area (Å²) in [5, 5.41) is 10.4. The van der Waals surface area contributed by atoms with Gasteiger partial charge in [0, 0.05) is 22.6 Å². The standard InChI is InChI=1S/C27H30O5/c1-15-22(29-6)20-13-16(14-30-24(20)19-10-12-26(2,3)31-23(15)19)17-7-8-21(28)18-9-11-27(4,5)32-25(17)18/h7-12,16,28H,13-14H2,1-6H3/t16-/m1/s1. The van der Waals surface area contributed by atoms with Gasteiger partial charge in [-0.15, -0.1) is 0 Å². The van der Waals surface area contributed by atoms with E-state index in [0.717, 1.165) is 57.2 Å². The highest BCUT2D eigenvalue weighted by Gasteiger charge is 2.36. The lowest BCUT2D eigenvalue weighted by atomic mass is 9.84. The molecule has 3 aliphatic rings. The number of ether oxygens (including phenoxy) is 4. The number of fused-ring (bicyclic) bond motifs is 4. The maximum atomic E-state index is 10.4. The molecule has 0 spiro atoms. The number of hydrogen-bond acceptors (Lipinski definition) is 5. The molecule has 0 saturated heterocycles. The summed E-state index contributed by atoms with van der Waals surface area (Å²) in [6.45, 7) is 10.7. The molecular formula is C27H30O5. The van der Waals surface area contributed by atoms with E-state index < -0.39 is 5.60 Å². The average Bonchev–Trinajstić information content (AvgIpc) is 2.73. The van der Waals surface area contributed by atoms with Crippen molar-refractivity contribution in [1.82, 2.24) is 0 Å². The van der Waals surface area contributed by atoms with Crippen molar-refractivity contribution in [2.45, 2.75) is 58.2 Å². The van der Waals surface area contributed by atoms with Crippen LogP contribution >= 0.6 is 0 Å². The number of aromatic hydroxyl groups is 1. The predicted molar refractivity (Wildman–Crippen MR) is 125 cm³/mol. The Kier molecular flexibility index (Phi) is 4.52. The number of phenols is 1. The van der Waals surface area contributed by atoms with Gasteiger partial charge < -0.3 is 24.1 Å². The number of methoxy groups -OCH3 is 1. The van der Waals surface area contributed by atoms with E-state index in [1.54, 1.807) is 13.2 Å². The summed E-state index contributed by atoms with van der Waals surface area (Å²) in [6.07, 6.45) is 8.83. The molecular weight excluding hydrogens is 404 g/mol. The number of phenolic OH excluding ortho intramolecular Hbond substituents is 1. The van der Waals surface area contributed by atoms with Gasteiger partial charge >= 0.3 is 0 Å². The van der Waals surface area contributed by atoms with Crippen molar-refractivity contribution in [3.63, 3.8) is 0 Å². The zero-order valence-electron chi connectivity index (χ0n) is 19.5. The Hall–Kier alpha value is -3.08. The molecule has 2 aromatic carbocycles. The highest BCUT2D eigenvalue weighted by Crippen LogP contribution is 2.52. The zero-order valence-corrected chi connectivity index (χ0v) is 19.5. The number of benzene rings is 2. The Morgan fingerprint density at radius 1 is 0.938 bits per heavy atom. The van der Waals surface area contributed by atoms with E-state index in [0.29, 0.717) is 6.61 Å². The van der Waals surface area contributed by atoms with Crippen molar-refractivity contribution in [3.05, 3.63) is 52.1 Å². The molecule has 5 nitrogen and oxygen atoms in total. The third kappa shape index (κ3) is 3.22. The van der Waals surface area contributed by atoms with Crippen LogP contribution in [0.15, 0.2) is 24.3 Å². The summed E-state index contributed by atoms with van der Waals surface area (Å²) in [5.41, 5.74) is 3.94. The van der Waals surface area contributed by atoms with Crippen molar-refractivity contribution >= 4 is 12.2 Å². The molecule has 32 heavy (non-hydrogen) atoms. The largest absolute Gasteiger partial charge is 0.507 e. The minimum absolute atomic E-state index is 0.0652. The van der Waals surface area contributed by atoms with Gasteiger partial charge in [0.15, 0.2) is 0 Å². The fourth-order valence-electron chi connectivity index (χ4n) is 4.86. The summed E-state index contributed by atoms with van der Waals surface area (Å²) in [5.74, 6) is 3.48. The van der Waals surface area contributed by atoms with Crippen molar-refractivity contribution in [2.75, 3.05) is 13.7 Å². The highest BCUT2D eigenvalue weighted by atomic mass is 16.5. The lowest BCUT2D eigenvalue weighted by Gasteiger charge is -2.36. The van der Waals surface area contributed by atoms with Crippen molar-refractivity contribution in [2.24, 2.45) is 0 Å². The van der Waals surface area contributed by atoms with Crippen LogP contribution in [-0.2, 0) is 6.42 Å². The molecule has 5 rings (SSSR count). The maximum absolute atomic E-state index is 10.4. The first-order chi connectivity index (χ1) is 15.1. The van der Waals surface area contributed by atoms with Crippen molar-refractivity contribution < 1.29 is 24.1 Å². The first kappa shape index (κ1) is 20.8. The van der Waals surface area contributed by atoms with Crippen LogP contribution in [0.2, 0.25) is 0 Å². The van der Waals surface area contributed by atoms with Gasteiger partial charge in [0.2, 0.25) is 0 Å². The van der Waals surface area contributed by atoms with Gasteiger partial charge in [-0.2, -0.15) is 0 Å². The van der Waals surface area contributed by atoms with E-state index in [4.69, 9.17) is 18.9 Å². The minimum Gasteiger partial charge on any atom is -0.507 e. The predicted octanol–water partition coefficient (Wildman–Crippen LogP) is 5.80. The summed E-state index contributed by atoms with van der Waals surface area (Å²) in [7, 11) is 1.70. The Morgan fingerprint density at radius 2 is 1.59 bits per heavy atom. The Labute approximate surface area is 189 Å². The third-order valence-corrected chi connectivity index (χ3v) is 6.48. The van der Waals surface area contributed by atoms with Crippen LogP contribution in [0.4, 0.5) is 0 Å². The van der Waals surface area contributed by atoms with Gasteiger partial charge in [-0.1, -0.05) is 6.07 Å². The Morgan fingerprint density at radius 3 is 2.28 bits per heavy atom. The second-order valence-corrected chi connectivity index (χ2v) is 9.92. The molecule has 5 heteroatoms. The van der Waals surface area contributed by atoms with Crippen LogP contribution in [0.3, 0.4) is 0 Å². The quantitative estimate of drug-likeness (QED) is 0.648. The van der Waals surface area contributed by atoms with Gasteiger partial charge in [-0.05, 0) is 71.4 Å². The van der Waals surface area contributed by atoms with E-state index in [2.05, 4.69) is 12.2 Å². The summed E-state index contributed by atoms with van der Waals surface area (Å²) >= 11 is 0. The lowest BCUT2D eigenvalue weighted by molar-refractivity contribution is 0.151. The molecule has 0 saturated carbocycles. The summed E-state index contributed by atoms with van der Waals surface area (Å²) in [6, 6.07) is 3.69. The smallest absolute Gasteiger partial charge is 0.138 e. The molecule has 0 radical (unpaired) electrons. The van der Waals surface area contributed by atoms with Gasteiger partial charge in [0.1, 0.15) is 39.9 Å². The van der Waals surface area contributed by atoms with Crippen LogP contribution in [-0.4, -0.2) is 30.0 Å². The molecule has 1 atom stereocenters. The molecule has 0 fully saturated rings. The molecule has 0 aromatic heterocycles. The minimum atomic E-state index is -0.439. The normalized spacial score (nSPS) is 21.4. The molecule has 0 unspecified atom stereocenters. The number of hydrogen-bond donors (Lipinski definition) is 1. The molecule has 1 N–H and O–H groups in total. The second-order valence-electron chi connectivity index (χ2n) is 9.92. The maximum Gasteiger partial charge on any atom is 0.138 e. The molecule has 2 aromatic rings. The SMILES string of the molecule is COc1c(C)c2c(c3c1C[C@@H](c1ccc(O)c4c1OC(C)(C)C=C4)CO3)C=CC(C)(C)O2. The van der Waals surface area contributed by atoms with Gasteiger partial charge in [0.25, 0.3) is 0 Å². The monoisotopic (exact) mass is 434 g/mol. The lowest BCUT2D eigenvalue weighted by Crippen LogP contribution is -2.30. The van der Waals surface area contributed by atoms with Crippen LogP contribution in [0, 0.1) is 6.92 Å². The van der Waals surface area contributed by atoms with Crippen LogP contribution < -0.4 is 18.9 Å². The first-order valence-electron chi connectivity index (χ1n) is 11.1. The topological polar surface area (TPSA) is 57.2 Å². The molecule has 0 bridgehead atoms. The van der Waals surface area contributed by atoms with Crippen LogP contribution in [0.5, 0.6) is 28.7 Å². The molecule has 168 valence electrons. The summed E-state index contributed by atoms with van der Waals surface area (Å²) in [4.78, 5) is 0. The molecule has 0 aliphatic carbocycles. The Bertz CT molecular complexity index is 1170. The zero-order chi connectivity index (χ0) is 22.8. The fraction of sp³-hybridized carbons (Fsp3) is 0.407. The van der Waals surface area contributed by atoms with E-state index in [-0.39, 0.29) is 17.3 Å². The van der Waals surface area contributed by atoms with Crippen LogP contribution in [0.25, 0.3) is 12.2 Å². The van der Waals surface area contributed by atoms with E-state index in [1.807, 2.05) is 52.8 Å². The van der Waals surface area contributed by atoms with E-state index in [9.17, 15) is 5.11 Å². The third-order valence-electron chi connectivity index (χ3n) is 6.48. The fourth-order valence-corrected chi connectivity index (χ4v) is 4.86. The molecule has 3 aliphatic heterocycles. The van der Waals surface area contributed by atoms with Crippen molar-refractivity contribution in [3.8, 4) is 28.7 Å².